The van der Waals surface area contributed by atoms with Crippen molar-refractivity contribution in [3.05, 3.63) is 48.5 Å². The molecule has 0 aromatic carbocycles. The maximum atomic E-state index is 5.46. The van der Waals surface area contributed by atoms with Gasteiger partial charge < -0.3 is 10.1 Å². The van der Waals surface area contributed by atoms with E-state index in [2.05, 4.69) is 32.4 Å². The lowest BCUT2D eigenvalue weighted by molar-refractivity contribution is 0.419. The summed E-state index contributed by atoms with van der Waals surface area (Å²) in [5, 5.41) is 12.8. The Hall–Kier alpha value is -3.42. The fourth-order valence-corrected chi connectivity index (χ4v) is 2.77. The van der Waals surface area contributed by atoms with Crippen LogP contribution in [0.3, 0.4) is 0 Å². The van der Waals surface area contributed by atoms with E-state index in [0.29, 0.717) is 5.82 Å². The zero-order chi connectivity index (χ0) is 18.1. The highest BCUT2D eigenvalue weighted by atomic mass is 16.5. The van der Waals surface area contributed by atoms with E-state index in [0.717, 1.165) is 40.4 Å². The van der Waals surface area contributed by atoms with Crippen LogP contribution >= 0.6 is 0 Å². The van der Waals surface area contributed by atoms with Gasteiger partial charge in [-0.1, -0.05) is 13.0 Å². The topological polar surface area (TPSA) is 82.7 Å². The average molecular weight is 349 g/mol. The number of nitrogens with one attached hydrogen (secondary N) is 1. The number of methoxy groups -OCH3 is 1. The van der Waals surface area contributed by atoms with E-state index in [1.807, 2.05) is 37.5 Å². The van der Waals surface area contributed by atoms with Crippen molar-refractivity contribution in [1.29, 1.82) is 0 Å². The van der Waals surface area contributed by atoms with E-state index in [1.165, 1.54) is 0 Å². The van der Waals surface area contributed by atoms with Crippen molar-refractivity contribution in [2.75, 3.05) is 12.4 Å². The van der Waals surface area contributed by atoms with Crippen molar-refractivity contribution < 1.29 is 4.74 Å². The monoisotopic (exact) mass is 349 g/mol. The Balaban J connectivity index is 1.65. The molecule has 4 aromatic rings. The standard InChI is InChI=1S/C18H19N7O/c1-4-12-6-5-7-17(22-12)25-11-13(9-20-25)21-16-8-15(26-3)14-10-19-24(2)18(14)23-16/h5-11H,4H2,1-3H3,(H,21,23). The number of hydrogen-bond acceptors (Lipinski definition) is 6. The summed E-state index contributed by atoms with van der Waals surface area (Å²) >= 11 is 0. The molecule has 0 saturated carbocycles. The number of fused-ring (bicyclic) bond motifs is 1. The molecule has 0 aliphatic carbocycles. The highest BCUT2D eigenvalue weighted by Gasteiger charge is 2.11. The first-order valence-corrected chi connectivity index (χ1v) is 8.32. The summed E-state index contributed by atoms with van der Waals surface area (Å²) in [5.41, 5.74) is 2.59. The number of rotatable bonds is 5. The summed E-state index contributed by atoms with van der Waals surface area (Å²) in [6, 6.07) is 7.76. The first-order valence-electron chi connectivity index (χ1n) is 8.32. The van der Waals surface area contributed by atoms with Gasteiger partial charge in [0, 0.05) is 18.8 Å². The van der Waals surface area contributed by atoms with Gasteiger partial charge >= 0.3 is 0 Å². The number of nitrogens with zero attached hydrogens (tertiary/aromatic N) is 6. The minimum Gasteiger partial charge on any atom is -0.496 e. The Labute approximate surface area is 150 Å². The Morgan fingerprint density at radius 2 is 2.04 bits per heavy atom. The van der Waals surface area contributed by atoms with Gasteiger partial charge in [-0.2, -0.15) is 10.2 Å². The normalized spacial score (nSPS) is 11.0. The van der Waals surface area contributed by atoms with Gasteiger partial charge in [-0.25, -0.2) is 14.6 Å². The molecule has 8 heteroatoms. The van der Waals surface area contributed by atoms with Crippen molar-refractivity contribution in [3.63, 3.8) is 0 Å². The minimum atomic E-state index is 0.660. The van der Waals surface area contributed by atoms with Crippen molar-refractivity contribution >= 4 is 22.5 Å². The predicted molar refractivity (Wildman–Crippen MR) is 99.1 cm³/mol. The molecule has 0 saturated heterocycles. The molecule has 0 amide bonds. The molecular formula is C18H19N7O. The Bertz CT molecular complexity index is 1070. The Morgan fingerprint density at radius 3 is 2.85 bits per heavy atom. The van der Waals surface area contributed by atoms with Crippen molar-refractivity contribution in [1.82, 2.24) is 29.5 Å². The van der Waals surface area contributed by atoms with Crippen molar-refractivity contribution in [2.24, 2.45) is 7.05 Å². The molecule has 0 bridgehead atoms. The van der Waals surface area contributed by atoms with E-state index >= 15 is 0 Å². The lowest BCUT2D eigenvalue weighted by Crippen LogP contribution is -2.00. The van der Waals surface area contributed by atoms with Gasteiger partial charge in [0.05, 0.1) is 36.8 Å². The average Bonchev–Trinajstić information content (AvgIpc) is 3.28. The summed E-state index contributed by atoms with van der Waals surface area (Å²) in [4.78, 5) is 9.18. The van der Waals surface area contributed by atoms with Crippen LogP contribution in [0.25, 0.3) is 16.9 Å². The third-order valence-corrected chi connectivity index (χ3v) is 4.13. The summed E-state index contributed by atoms with van der Waals surface area (Å²) in [6.45, 7) is 2.08. The molecular weight excluding hydrogens is 330 g/mol. The smallest absolute Gasteiger partial charge is 0.163 e. The molecule has 8 nitrogen and oxygen atoms in total. The van der Waals surface area contributed by atoms with Crippen LogP contribution in [0, 0.1) is 0 Å². The zero-order valence-electron chi connectivity index (χ0n) is 14.8. The van der Waals surface area contributed by atoms with E-state index in [9.17, 15) is 0 Å². The van der Waals surface area contributed by atoms with Gasteiger partial charge in [-0.05, 0) is 18.6 Å². The number of anilines is 2. The number of aromatic nitrogens is 6. The zero-order valence-corrected chi connectivity index (χ0v) is 14.8. The maximum Gasteiger partial charge on any atom is 0.163 e. The van der Waals surface area contributed by atoms with E-state index in [1.54, 1.807) is 28.9 Å². The molecule has 4 heterocycles. The van der Waals surface area contributed by atoms with Crippen LogP contribution in [-0.2, 0) is 13.5 Å². The summed E-state index contributed by atoms with van der Waals surface area (Å²) in [5.74, 6) is 2.16. The van der Waals surface area contributed by atoms with Crippen LogP contribution in [-0.4, -0.2) is 36.6 Å². The predicted octanol–water partition coefficient (Wildman–Crippen LogP) is 2.86. The number of aryl methyl sites for hydroxylation is 2. The van der Waals surface area contributed by atoms with Crippen LogP contribution in [0.4, 0.5) is 11.5 Å². The second-order valence-electron chi connectivity index (χ2n) is 5.85. The second-order valence-corrected chi connectivity index (χ2v) is 5.85. The van der Waals surface area contributed by atoms with Gasteiger partial charge in [0.15, 0.2) is 11.5 Å². The highest BCUT2D eigenvalue weighted by molar-refractivity contribution is 5.84. The highest BCUT2D eigenvalue weighted by Crippen LogP contribution is 2.28. The van der Waals surface area contributed by atoms with E-state index in [-0.39, 0.29) is 0 Å². The third kappa shape index (κ3) is 2.85. The van der Waals surface area contributed by atoms with Crippen LogP contribution in [0.15, 0.2) is 42.9 Å². The van der Waals surface area contributed by atoms with Gasteiger partial charge in [0.2, 0.25) is 0 Å². The van der Waals surface area contributed by atoms with Crippen LogP contribution in [0.2, 0.25) is 0 Å². The molecule has 0 aliphatic rings. The molecule has 132 valence electrons. The van der Waals surface area contributed by atoms with Crippen molar-refractivity contribution in [2.45, 2.75) is 13.3 Å². The first kappa shape index (κ1) is 16.1. The number of pyridine rings is 2. The van der Waals surface area contributed by atoms with E-state index < -0.39 is 0 Å². The summed E-state index contributed by atoms with van der Waals surface area (Å²) in [6.07, 6.45) is 6.25. The number of ether oxygens (including phenoxy) is 1. The van der Waals surface area contributed by atoms with Gasteiger partial charge in [0.1, 0.15) is 11.6 Å². The second kappa shape index (κ2) is 6.47. The van der Waals surface area contributed by atoms with Crippen LogP contribution in [0.1, 0.15) is 12.6 Å². The molecule has 0 aliphatic heterocycles. The molecule has 4 rings (SSSR count). The van der Waals surface area contributed by atoms with Gasteiger partial charge in [-0.15, -0.1) is 0 Å². The van der Waals surface area contributed by atoms with Gasteiger partial charge in [-0.3, -0.25) is 4.68 Å². The number of hydrogen-bond donors (Lipinski definition) is 1. The quantitative estimate of drug-likeness (QED) is 0.596. The molecule has 0 radical (unpaired) electrons. The van der Waals surface area contributed by atoms with Gasteiger partial charge in [0.25, 0.3) is 0 Å². The first-order chi connectivity index (χ1) is 12.7. The van der Waals surface area contributed by atoms with Crippen LogP contribution in [0.5, 0.6) is 5.75 Å². The molecule has 0 spiro atoms. The third-order valence-electron chi connectivity index (χ3n) is 4.13. The molecule has 0 fully saturated rings. The molecule has 1 N–H and O–H groups in total. The fourth-order valence-electron chi connectivity index (χ4n) is 2.77. The lowest BCUT2D eigenvalue weighted by atomic mass is 10.3. The molecule has 0 unspecified atom stereocenters. The molecule has 4 aromatic heterocycles. The Kier molecular flexibility index (Phi) is 4.00. The van der Waals surface area contributed by atoms with Crippen LogP contribution < -0.4 is 10.1 Å². The lowest BCUT2D eigenvalue weighted by Gasteiger charge is -2.07. The maximum absolute atomic E-state index is 5.46. The largest absolute Gasteiger partial charge is 0.496 e. The Morgan fingerprint density at radius 1 is 1.15 bits per heavy atom. The summed E-state index contributed by atoms with van der Waals surface area (Å²) < 4.78 is 8.91. The van der Waals surface area contributed by atoms with E-state index in [4.69, 9.17) is 4.74 Å². The van der Waals surface area contributed by atoms with Crippen molar-refractivity contribution in [3.8, 4) is 11.6 Å². The minimum absolute atomic E-state index is 0.660. The fraction of sp³-hybridized carbons (Fsp3) is 0.222. The molecule has 26 heavy (non-hydrogen) atoms. The summed E-state index contributed by atoms with van der Waals surface area (Å²) in [7, 11) is 3.49. The molecule has 0 atom stereocenters. The SMILES string of the molecule is CCc1cccc(-n2cc(Nc3cc(OC)c4cnn(C)c4n3)cn2)n1.